The maximum atomic E-state index is 13.6. The van der Waals surface area contributed by atoms with Gasteiger partial charge in [0.15, 0.2) is 0 Å². The maximum absolute atomic E-state index is 13.6. The number of urea groups is 1. The number of carbonyl (C=O) groups excluding carboxylic acids is 1. The molecule has 0 radical (unpaired) electrons. The van der Waals surface area contributed by atoms with Crippen LogP contribution < -0.4 is 10.6 Å². The molecule has 0 atom stereocenters. The van der Waals surface area contributed by atoms with Crippen molar-refractivity contribution < 1.29 is 9.18 Å². The van der Waals surface area contributed by atoms with Crippen LogP contribution >= 0.6 is 0 Å². The molecule has 0 aliphatic rings. The molecule has 5 nitrogen and oxygen atoms in total. The molecule has 26 heavy (non-hydrogen) atoms. The number of amides is 2. The van der Waals surface area contributed by atoms with E-state index in [1.165, 1.54) is 12.1 Å². The van der Waals surface area contributed by atoms with Gasteiger partial charge in [0, 0.05) is 29.0 Å². The van der Waals surface area contributed by atoms with Crippen LogP contribution in [0.1, 0.15) is 0 Å². The summed E-state index contributed by atoms with van der Waals surface area (Å²) in [6, 6.07) is 16.8. The Morgan fingerprint density at radius 3 is 2.58 bits per heavy atom. The Bertz CT molecular complexity index is 1070. The van der Waals surface area contributed by atoms with Crippen LogP contribution in [-0.4, -0.2) is 16.0 Å². The first-order valence-electron chi connectivity index (χ1n) is 8.06. The first kappa shape index (κ1) is 15.8. The Hall–Kier alpha value is -3.67. The molecule has 2 amide bonds. The van der Waals surface area contributed by atoms with E-state index in [0.717, 1.165) is 22.2 Å². The largest absolute Gasteiger partial charge is 0.346 e. The summed E-state index contributed by atoms with van der Waals surface area (Å²) in [7, 11) is 0. The summed E-state index contributed by atoms with van der Waals surface area (Å²) in [5, 5.41) is 6.21. The average Bonchev–Trinajstić information content (AvgIpc) is 3.08. The van der Waals surface area contributed by atoms with Crippen molar-refractivity contribution in [3.05, 3.63) is 78.9 Å². The van der Waals surface area contributed by atoms with E-state index in [1.807, 2.05) is 30.5 Å². The fourth-order valence-corrected chi connectivity index (χ4v) is 2.78. The van der Waals surface area contributed by atoms with Gasteiger partial charge in [-0.1, -0.05) is 24.3 Å². The van der Waals surface area contributed by atoms with Gasteiger partial charge >= 0.3 is 6.03 Å². The van der Waals surface area contributed by atoms with E-state index in [-0.39, 0.29) is 5.69 Å². The molecule has 3 N–H and O–H groups in total. The number of hydrogen-bond donors (Lipinski definition) is 3. The van der Waals surface area contributed by atoms with Gasteiger partial charge in [-0.05, 0) is 42.0 Å². The van der Waals surface area contributed by atoms with Gasteiger partial charge in [0.2, 0.25) is 0 Å². The van der Waals surface area contributed by atoms with E-state index in [9.17, 15) is 9.18 Å². The van der Waals surface area contributed by atoms with Crippen LogP contribution in [0.25, 0.3) is 22.2 Å². The number of fused-ring (bicyclic) bond motifs is 1. The Morgan fingerprint density at radius 2 is 1.77 bits per heavy atom. The number of nitrogens with zero attached hydrogens (tertiary/aromatic N) is 1. The topological polar surface area (TPSA) is 69.8 Å². The number of aromatic amines is 1. The van der Waals surface area contributed by atoms with Crippen molar-refractivity contribution in [2.24, 2.45) is 0 Å². The number of aromatic nitrogens is 2. The third-order valence-corrected chi connectivity index (χ3v) is 4.03. The van der Waals surface area contributed by atoms with Crippen molar-refractivity contribution in [2.75, 3.05) is 10.6 Å². The second-order valence-electron chi connectivity index (χ2n) is 5.74. The van der Waals surface area contributed by atoms with Crippen LogP contribution in [0.4, 0.5) is 20.6 Å². The van der Waals surface area contributed by atoms with Gasteiger partial charge in [-0.2, -0.15) is 0 Å². The molecule has 2 heterocycles. The zero-order chi connectivity index (χ0) is 17.9. The summed E-state index contributed by atoms with van der Waals surface area (Å²) in [5.74, 6) is -0.481. The summed E-state index contributed by atoms with van der Waals surface area (Å²) in [4.78, 5) is 19.4. The predicted octanol–water partition coefficient (Wildman–Crippen LogP) is 5.01. The van der Waals surface area contributed by atoms with E-state index in [2.05, 4.69) is 20.6 Å². The zero-order valence-corrected chi connectivity index (χ0v) is 13.7. The minimum atomic E-state index is -0.501. The number of halogens is 1. The van der Waals surface area contributed by atoms with E-state index < -0.39 is 11.8 Å². The van der Waals surface area contributed by atoms with Crippen LogP contribution in [0.3, 0.4) is 0 Å². The molecule has 0 spiro atoms. The van der Waals surface area contributed by atoms with Crippen LogP contribution in [0.15, 0.2) is 73.1 Å². The summed E-state index contributed by atoms with van der Waals surface area (Å²) in [5.41, 5.74) is 3.61. The summed E-state index contributed by atoms with van der Waals surface area (Å²) in [6.45, 7) is 0. The van der Waals surface area contributed by atoms with Crippen LogP contribution in [0, 0.1) is 5.82 Å². The average molecular weight is 346 g/mol. The molecular weight excluding hydrogens is 331 g/mol. The normalized spacial score (nSPS) is 10.7. The van der Waals surface area contributed by atoms with Gasteiger partial charge in [0.1, 0.15) is 11.5 Å². The molecule has 0 saturated carbocycles. The van der Waals surface area contributed by atoms with Gasteiger partial charge in [-0.25, -0.2) is 14.2 Å². The van der Waals surface area contributed by atoms with Gasteiger partial charge in [-0.3, -0.25) is 0 Å². The van der Waals surface area contributed by atoms with Gasteiger partial charge in [-0.15, -0.1) is 0 Å². The van der Waals surface area contributed by atoms with Crippen LogP contribution in [0.2, 0.25) is 0 Å². The second kappa shape index (κ2) is 6.68. The van der Waals surface area contributed by atoms with Crippen LogP contribution in [-0.2, 0) is 0 Å². The zero-order valence-electron chi connectivity index (χ0n) is 13.7. The number of H-pyrrole nitrogens is 1. The Balaban J connectivity index is 1.49. The molecule has 4 rings (SSSR count). The molecule has 6 heteroatoms. The highest BCUT2D eigenvalue weighted by Gasteiger charge is 2.08. The van der Waals surface area contributed by atoms with Crippen molar-refractivity contribution in [1.82, 2.24) is 9.97 Å². The molecule has 2 aromatic heterocycles. The summed E-state index contributed by atoms with van der Waals surface area (Å²) >= 11 is 0. The highest BCUT2D eigenvalue weighted by molar-refractivity contribution is 6.00. The lowest BCUT2D eigenvalue weighted by molar-refractivity contribution is 0.262. The first-order chi connectivity index (χ1) is 12.7. The van der Waals surface area contributed by atoms with Crippen molar-refractivity contribution in [1.29, 1.82) is 0 Å². The summed E-state index contributed by atoms with van der Waals surface area (Å²) < 4.78 is 13.6. The molecule has 2 aromatic carbocycles. The van der Waals surface area contributed by atoms with Crippen molar-refractivity contribution in [3.63, 3.8) is 0 Å². The van der Waals surface area contributed by atoms with Crippen molar-refractivity contribution in [3.8, 4) is 11.1 Å². The first-order valence-corrected chi connectivity index (χ1v) is 8.06. The predicted molar refractivity (Wildman–Crippen MR) is 101 cm³/mol. The molecule has 0 aliphatic heterocycles. The number of rotatable bonds is 3. The fourth-order valence-electron chi connectivity index (χ4n) is 2.78. The number of pyridine rings is 1. The van der Waals surface area contributed by atoms with E-state index in [1.54, 1.807) is 30.5 Å². The van der Waals surface area contributed by atoms with Crippen molar-refractivity contribution >= 4 is 28.4 Å². The quantitative estimate of drug-likeness (QED) is 0.488. The Kier molecular flexibility index (Phi) is 4.07. The second-order valence-corrected chi connectivity index (χ2v) is 5.74. The van der Waals surface area contributed by atoms with E-state index in [4.69, 9.17) is 0 Å². The molecule has 0 fully saturated rings. The molecular formula is C20H15FN4O. The maximum Gasteiger partial charge on any atom is 0.323 e. The van der Waals surface area contributed by atoms with E-state index >= 15 is 0 Å². The Labute approximate surface area is 148 Å². The summed E-state index contributed by atoms with van der Waals surface area (Å²) in [6.07, 6.45) is 3.65. The number of benzene rings is 2. The SMILES string of the molecule is O=C(Nc1ccc(-c2c[nH]c3ncccc23)cc1)Nc1ccccc1F. The highest BCUT2D eigenvalue weighted by atomic mass is 19.1. The Morgan fingerprint density at radius 1 is 0.962 bits per heavy atom. The monoisotopic (exact) mass is 346 g/mol. The highest BCUT2D eigenvalue weighted by Crippen LogP contribution is 2.28. The minimum absolute atomic E-state index is 0.132. The molecule has 0 bridgehead atoms. The van der Waals surface area contributed by atoms with Crippen molar-refractivity contribution in [2.45, 2.75) is 0 Å². The molecule has 0 saturated heterocycles. The van der Waals surface area contributed by atoms with Gasteiger partial charge in [0.25, 0.3) is 0 Å². The third kappa shape index (κ3) is 3.12. The van der Waals surface area contributed by atoms with E-state index in [0.29, 0.717) is 5.69 Å². The fraction of sp³-hybridized carbons (Fsp3) is 0. The number of carbonyl (C=O) groups is 1. The van der Waals surface area contributed by atoms with Crippen LogP contribution in [0.5, 0.6) is 0 Å². The molecule has 4 aromatic rings. The van der Waals surface area contributed by atoms with Gasteiger partial charge in [0.05, 0.1) is 5.69 Å². The molecule has 0 aliphatic carbocycles. The lowest BCUT2D eigenvalue weighted by Gasteiger charge is -2.09. The minimum Gasteiger partial charge on any atom is -0.346 e. The number of anilines is 2. The standard InChI is InChI=1S/C20H15FN4O/c21-17-5-1-2-6-18(17)25-20(26)24-14-9-7-13(8-10-14)16-12-23-19-15(16)4-3-11-22-19/h1-12H,(H,22,23)(H2,24,25,26). The number of hydrogen-bond acceptors (Lipinski definition) is 2. The smallest absolute Gasteiger partial charge is 0.323 e. The van der Waals surface area contributed by atoms with Gasteiger partial charge < -0.3 is 15.6 Å². The number of nitrogens with one attached hydrogen (secondary N) is 3. The lowest BCUT2D eigenvalue weighted by atomic mass is 10.1. The molecule has 128 valence electrons. The lowest BCUT2D eigenvalue weighted by Crippen LogP contribution is -2.20. The third-order valence-electron chi connectivity index (χ3n) is 4.03. The molecule has 0 unspecified atom stereocenters. The number of para-hydroxylation sites is 1.